The summed E-state index contributed by atoms with van der Waals surface area (Å²) in [6, 6.07) is 5.46. The van der Waals surface area contributed by atoms with E-state index in [2.05, 4.69) is 9.97 Å². The highest BCUT2D eigenvalue weighted by Gasteiger charge is 2.51. The summed E-state index contributed by atoms with van der Waals surface area (Å²) in [4.78, 5) is 6.43. The Morgan fingerprint density at radius 1 is 1.25 bits per heavy atom. The van der Waals surface area contributed by atoms with Gasteiger partial charge in [-0.15, -0.1) is 0 Å². The number of nitrogens with zero attached hydrogens (tertiary/aromatic N) is 4. The largest absolute Gasteiger partial charge is 0.339 e. The number of hydrogen-bond acceptors (Lipinski definition) is 4. The van der Waals surface area contributed by atoms with Crippen molar-refractivity contribution in [3.8, 4) is 18.2 Å². The van der Waals surface area contributed by atoms with Crippen LogP contribution in [0.2, 0.25) is 0 Å². The van der Waals surface area contributed by atoms with Crippen molar-refractivity contribution in [1.29, 1.82) is 15.8 Å². The average Bonchev–Trinajstić information content (AvgIpc) is 2.62. The molecule has 5 heteroatoms. The number of aromatic nitrogens is 2. The molecule has 1 aromatic heterocycles. The van der Waals surface area contributed by atoms with E-state index in [1.54, 1.807) is 6.07 Å². The summed E-state index contributed by atoms with van der Waals surface area (Å²) in [5, 5.41) is 25.9. The van der Waals surface area contributed by atoms with Crippen LogP contribution in [0.5, 0.6) is 0 Å². The van der Waals surface area contributed by atoms with E-state index in [1.807, 2.05) is 12.1 Å². The third kappa shape index (κ3) is 0.389. The van der Waals surface area contributed by atoms with E-state index in [4.69, 9.17) is 15.8 Å². The normalized spacial score (nSPS) is 15.1. The van der Waals surface area contributed by atoms with Gasteiger partial charge in [0.05, 0.1) is 17.8 Å². The minimum Gasteiger partial charge on any atom is -0.339 e. The number of rotatable bonds is 0. The number of aromatic amines is 1. The second-order valence-corrected chi connectivity index (χ2v) is 2.39. The molecular formula is C7HN5. The molecule has 12 heavy (non-hydrogen) atoms. The molecule has 0 saturated carbocycles. The molecule has 0 fully saturated rings. The minimum atomic E-state index is -1.29. The van der Waals surface area contributed by atoms with Gasteiger partial charge in [0.1, 0.15) is 11.9 Å². The first-order valence-corrected chi connectivity index (χ1v) is 3.12. The van der Waals surface area contributed by atoms with E-state index in [0.29, 0.717) is 5.69 Å². The van der Waals surface area contributed by atoms with Gasteiger partial charge in [0.25, 0.3) is 0 Å². The van der Waals surface area contributed by atoms with Crippen LogP contribution in [0.25, 0.3) is 0 Å². The molecule has 3 rings (SSSR count). The van der Waals surface area contributed by atoms with E-state index in [1.165, 1.54) is 0 Å². The molecule has 54 valence electrons. The molecular weight excluding hydrogens is 154 g/mol. The summed E-state index contributed by atoms with van der Waals surface area (Å²) in [6.45, 7) is 0. The highest BCUT2D eigenvalue weighted by molar-refractivity contribution is 5.58. The molecule has 0 radical (unpaired) electrons. The molecule has 0 saturated heterocycles. The molecule has 1 aromatic rings. The third-order valence-corrected chi connectivity index (χ3v) is 1.88. The lowest BCUT2D eigenvalue weighted by Crippen LogP contribution is -2.31. The summed E-state index contributed by atoms with van der Waals surface area (Å²) >= 11 is 0. The molecule has 0 aromatic carbocycles. The monoisotopic (exact) mass is 155 g/mol. The zero-order chi connectivity index (χ0) is 8.77. The second kappa shape index (κ2) is 1.64. The highest BCUT2D eigenvalue weighted by atomic mass is 15.0. The Kier molecular flexibility index (Phi) is 0.873. The van der Waals surface area contributed by atoms with Crippen LogP contribution < -0.4 is 0 Å². The average molecular weight is 155 g/mol. The Hall–Kier alpha value is -2.32. The molecule has 3 heterocycles. The lowest BCUT2D eigenvalue weighted by atomic mass is 9.83. The van der Waals surface area contributed by atoms with E-state index in [0.717, 1.165) is 0 Å². The lowest BCUT2D eigenvalue weighted by Gasteiger charge is -2.19. The maximum absolute atomic E-state index is 8.69. The van der Waals surface area contributed by atoms with Crippen molar-refractivity contribution < 1.29 is 0 Å². The Morgan fingerprint density at radius 2 is 1.92 bits per heavy atom. The molecule has 0 amide bonds. The van der Waals surface area contributed by atoms with Crippen molar-refractivity contribution in [3.63, 3.8) is 0 Å². The number of imidazole rings is 1. The highest BCUT2D eigenvalue weighted by Crippen LogP contribution is 2.39. The Labute approximate surface area is 67.5 Å². The Morgan fingerprint density at radius 3 is 2.25 bits per heavy atom. The third-order valence-electron chi connectivity index (χ3n) is 1.88. The van der Waals surface area contributed by atoms with Crippen LogP contribution >= 0.6 is 0 Å². The van der Waals surface area contributed by atoms with Gasteiger partial charge in [-0.05, 0) is 0 Å². The topological polar surface area (TPSA) is 100 Å². The van der Waals surface area contributed by atoms with Gasteiger partial charge in [-0.1, -0.05) is 0 Å². The van der Waals surface area contributed by atoms with Gasteiger partial charge < -0.3 is 4.98 Å². The molecule has 0 atom stereocenters. The summed E-state index contributed by atoms with van der Waals surface area (Å²) < 4.78 is 0. The second-order valence-electron chi connectivity index (χ2n) is 2.39. The van der Waals surface area contributed by atoms with Crippen LogP contribution in [0.15, 0.2) is 0 Å². The van der Waals surface area contributed by atoms with Gasteiger partial charge >= 0.3 is 0 Å². The Balaban J connectivity index is 2.67. The number of H-pyrrole nitrogens is 1. The van der Waals surface area contributed by atoms with Crippen LogP contribution in [0.3, 0.4) is 0 Å². The summed E-state index contributed by atoms with van der Waals surface area (Å²) in [5.41, 5.74) is -0.816. The lowest BCUT2D eigenvalue weighted by molar-refractivity contribution is 0.691. The van der Waals surface area contributed by atoms with Crippen molar-refractivity contribution in [2.45, 2.75) is 5.41 Å². The molecule has 0 unspecified atom stereocenters. The van der Waals surface area contributed by atoms with Gasteiger partial charge in [0.2, 0.25) is 5.41 Å². The molecule has 0 aliphatic carbocycles. The predicted molar refractivity (Wildman–Crippen MR) is 35.3 cm³/mol. The van der Waals surface area contributed by atoms with Gasteiger partial charge in [0.15, 0.2) is 5.69 Å². The number of nitrogens with one attached hydrogen (secondary N) is 1. The fourth-order valence-corrected chi connectivity index (χ4v) is 1.20. The fraction of sp³-hybridized carbons (Fsp3) is 0.143. The number of fused-ring (bicyclic) bond motifs is 1. The molecule has 2 bridgehead atoms. The van der Waals surface area contributed by atoms with Crippen molar-refractivity contribution in [1.82, 2.24) is 9.97 Å². The smallest absolute Gasteiger partial charge is 0.242 e. The van der Waals surface area contributed by atoms with Crippen LogP contribution in [0.1, 0.15) is 17.2 Å². The fourth-order valence-electron chi connectivity index (χ4n) is 1.20. The zero-order valence-corrected chi connectivity index (χ0v) is 5.79. The van der Waals surface area contributed by atoms with Gasteiger partial charge in [0, 0.05) is 0 Å². The summed E-state index contributed by atoms with van der Waals surface area (Å²) in [7, 11) is 0. The van der Waals surface area contributed by atoms with Crippen molar-refractivity contribution in [3.05, 3.63) is 17.2 Å². The first kappa shape index (κ1) is 6.39. The maximum atomic E-state index is 8.69. The van der Waals surface area contributed by atoms with Crippen LogP contribution in [0, 0.1) is 34.0 Å². The first-order chi connectivity index (χ1) is 5.78. The Bertz CT molecular complexity index is 461. The molecule has 5 nitrogen and oxygen atoms in total. The summed E-state index contributed by atoms with van der Waals surface area (Å²) in [5.74, 6) is 0.277. The van der Waals surface area contributed by atoms with E-state index >= 15 is 0 Å². The number of hydrogen-bond donors (Lipinski definition) is 1. The van der Waals surface area contributed by atoms with Crippen LogP contribution in [-0.4, -0.2) is 9.97 Å². The van der Waals surface area contributed by atoms with E-state index in [-0.39, 0.29) is 11.5 Å². The SMILES string of the molecule is N#Cc1nc2[nH]c1C2(C#N)C#N. The quantitative estimate of drug-likeness (QED) is 0.566. The standard InChI is InChI=1S/C7HN5/c8-1-4-5-7(2-9,3-10)6(11-4)12-5/h(H,11,12). The minimum absolute atomic E-state index is 0.146. The van der Waals surface area contributed by atoms with Gasteiger partial charge in [-0.25, -0.2) is 4.98 Å². The summed E-state index contributed by atoms with van der Waals surface area (Å²) in [6.07, 6.45) is 0. The van der Waals surface area contributed by atoms with E-state index in [9.17, 15) is 0 Å². The van der Waals surface area contributed by atoms with Crippen molar-refractivity contribution >= 4 is 0 Å². The van der Waals surface area contributed by atoms with Crippen LogP contribution in [-0.2, 0) is 5.41 Å². The maximum Gasteiger partial charge on any atom is 0.242 e. The molecule has 2 aliphatic heterocycles. The van der Waals surface area contributed by atoms with Crippen molar-refractivity contribution in [2.24, 2.45) is 0 Å². The predicted octanol–water partition coefficient (Wildman–Crippen LogP) is -0.0720. The van der Waals surface area contributed by atoms with Gasteiger partial charge in [-0.3, -0.25) is 0 Å². The molecule has 2 aliphatic rings. The van der Waals surface area contributed by atoms with Crippen molar-refractivity contribution in [2.75, 3.05) is 0 Å². The molecule has 0 spiro atoms. The molecule has 1 N–H and O–H groups in total. The van der Waals surface area contributed by atoms with Gasteiger partial charge in [-0.2, -0.15) is 15.8 Å². The zero-order valence-electron chi connectivity index (χ0n) is 5.79. The number of nitriles is 3. The van der Waals surface area contributed by atoms with Crippen LogP contribution in [0.4, 0.5) is 0 Å². The van der Waals surface area contributed by atoms with E-state index < -0.39 is 5.41 Å². The first-order valence-electron chi connectivity index (χ1n) is 3.12.